The molecule has 2 atom stereocenters. The summed E-state index contributed by atoms with van der Waals surface area (Å²) in [6.07, 6.45) is -0.437. The fourth-order valence-electron chi connectivity index (χ4n) is 2.58. The molecule has 6 nitrogen and oxygen atoms in total. The number of anilines is 1. The Bertz CT molecular complexity index is 679. The molecule has 0 aliphatic carbocycles. The van der Waals surface area contributed by atoms with Crippen LogP contribution >= 0.6 is 11.3 Å². The summed E-state index contributed by atoms with van der Waals surface area (Å²) in [7, 11) is 0. The van der Waals surface area contributed by atoms with Crippen LogP contribution in [0.5, 0.6) is 0 Å². The summed E-state index contributed by atoms with van der Waals surface area (Å²) in [6.45, 7) is 3.29. The predicted octanol–water partition coefficient (Wildman–Crippen LogP) is 2.02. The number of nitriles is 1. The number of thiophene rings is 1. The molecule has 0 saturated carbocycles. The van der Waals surface area contributed by atoms with E-state index in [-0.39, 0.29) is 12.6 Å². The van der Waals surface area contributed by atoms with E-state index < -0.39 is 6.17 Å². The topological polar surface area (TPSA) is 78.0 Å². The lowest BCUT2D eigenvalue weighted by Crippen LogP contribution is -2.38. The van der Waals surface area contributed by atoms with Crippen LogP contribution in [0.3, 0.4) is 0 Å². The first-order chi connectivity index (χ1) is 10.7. The molecule has 0 bridgehead atoms. The fraction of sp³-hybridized carbons (Fsp3) is 0.500. The molecule has 116 valence electrons. The lowest BCUT2D eigenvalue weighted by Gasteiger charge is -2.22. The van der Waals surface area contributed by atoms with Crippen molar-refractivity contribution in [3.63, 3.8) is 0 Å². The highest BCUT2D eigenvalue weighted by molar-refractivity contribution is 7.10. The summed E-state index contributed by atoms with van der Waals surface area (Å²) in [5, 5.41) is 21.7. The number of alkyl halides is 1. The lowest BCUT2D eigenvalue weighted by molar-refractivity contribution is 0.354. The van der Waals surface area contributed by atoms with E-state index in [2.05, 4.69) is 21.6 Å². The normalized spacial score (nSPS) is 21.2. The molecule has 8 heteroatoms. The Kier molecular flexibility index (Phi) is 4.36. The largest absolute Gasteiger partial charge is 0.408 e. The molecule has 0 radical (unpaired) electrons. The molecule has 1 saturated heterocycles. The van der Waals surface area contributed by atoms with E-state index in [1.807, 2.05) is 16.3 Å². The van der Waals surface area contributed by atoms with Crippen LogP contribution in [0.25, 0.3) is 0 Å². The van der Waals surface area contributed by atoms with E-state index in [0.29, 0.717) is 37.0 Å². The van der Waals surface area contributed by atoms with Gasteiger partial charge in [0, 0.05) is 42.7 Å². The average Bonchev–Trinajstić information content (AvgIpc) is 3.19. The van der Waals surface area contributed by atoms with Gasteiger partial charge in [0.05, 0.1) is 12.1 Å². The summed E-state index contributed by atoms with van der Waals surface area (Å²) in [4.78, 5) is 2.92. The van der Waals surface area contributed by atoms with Gasteiger partial charge in [0.15, 0.2) is 0 Å². The number of nitrogens with one attached hydrogen (secondary N) is 1. The molecular weight excluding hydrogens is 305 g/mol. The first-order valence-electron chi connectivity index (χ1n) is 7.04. The molecule has 1 aliphatic heterocycles. The number of rotatable bonds is 5. The number of hydrogen-bond donors (Lipinski definition) is 1. The zero-order valence-corrected chi connectivity index (χ0v) is 12.9. The van der Waals surface area contributed by atoms with E-state index in [1.54, 1.807) is 18.3 Å². The molecule has 0 spiro atoms. The van der Waals surface area contributed by atoms with Crippen molar-refractivity contribution in [3.05, 3.63) is 27.8 Å². The van der Waals surface area contributed by atoms with E-state index in [1.165, 1.54) is 0 Å². The molecule has 1 fully saturated rings. The molecule has 1 N–H and O–H groups in total. The average molecular weight is 321 g/mol. The Morgan fingerprint density at radius 1 is 1.59 bits per heavy atom. The number of aromatic nitrogens is 2. The summed E-state index contributed by atoms with van der Waals surface area (Å²) in [5.41, 5.74) is 0.675. The van der Waals surface area contributed by atoms with Crippen LogP contribution in [-0.4, -0.2) is 35.5 Å². The first kappa shape index (κ1) is 14.9. The molecule has 2 aromatic rings. The van der Waals surface area contributed by atoms with E-state index in [9.17, 15) is 4.39 Å². The van der Waals surface area contributed by atoms with E-state index in [0.717, 1.165) is 4.88 Å². The van der Waals surface area contributed by atoms with Crippen molar-refractivity contribution in [2.75, 3.05) is 18.0 Å². The second-order valence-corrected chi connectivity index (χ2v) is 6.28. The highest BCUT2D eigenvalue weighted by Crippen LogP contribution is 2.26. The van der Waals surface area contributed by atoms with Crippen LogP contribution in [0.15, 0.2) is 15.9 Å². The Hall–Kier alpha value is -1.98. The Morgan fingerprint density at radius 3 is 3.14 bits per heavy atom. The molecule has 1 aliphatic rings. The number of nitrogens with zero attached hydrogens (tertiary/aromatic N) is 4. The molecule has 3 heterocycles. The number of hydrogen-bond acceptors (Lipinski definition) is 7. The second kappa shape index (κ2) is 6.42. The van der Waals surface area contributed by atoms with Crippen LogP contribution < -0.4 is 10.2 Å². The molecule has 3 rings (SSSR count). The van der Waals surface area contributed by atoms with Crippen LogP contribution in [0, 0.1) is 18.3 Å². The maximum absolute atomic E-state index is 13.7. The molecule has 2 aromatic heterocycles. The van der Waals surface area contributed by atoms with Gasteiger partial charge in [-0.1, -0.05) is 5.10 Å². The number of aryl methyl sites for hydroxylation is 1. The van der Waals surface area contributed by atoms with Gasteiger partial charge in [-0.25, -0.2) is 4.39 Å². The SMILES string of the molecule is Cc1nnc(N2C[C@@H](F)C[C@H]2CNCc2cc(C#N)cs2)o1. The fourth-order valence-corrected chi connectivity index (χ4v) is 3.36. The summed E-state index contributed by atoms with van der Waals surface area (Å²) in [5.74, 6) is 0.478. The molecule has 22 heavy (non-hydrogen) atoms. The van der Waals surface area contributed by atoms with Crippen molar-refractivity contribution in [2.45, 2.75) is 32.1 Å². The van der Waals surface area contributed by atoms with Gasteiger partial charge in [-0.2, -0.15) is 5.26 Å². The van der Waals surface area contributed by atoms with Gasteiger partial charge in [-0.3, -0.25) is 0 Å². The molecule has 0 aromatic carbocycles. The van der Waals surface area contributed by atoms with Crippen molar-refractivity contribution in [1.82, 2.24) is 15.5 Å². The maximum atomic E-state index is 13.7. The van der Waals surface area contributed by atoms with Gasteiger partial charge in [0.1, 0.15) is 12.2 Å². The van der Waals surface area contributed by atoms with Crippen LogP contribution in [0.2, 0.25) is 0 Å². The van der Waals surface area contributed by atoms with E-state index >= 15 is 0 Å². The molecule has 0 amide bonds. The van der Waals surface area contributed by atoms with Gasteiger partial charge < -0.3 is 14.6 Å². The zero-order valence-electron chi connectivity index (χ0n) is 12.1. The van der Waals surface area contributed by atoms with Crippen molar-refractivity contribution in [3.8, 4) is 6.07 Å². The molecule has 0 unspecified atom stereocenters. The standard InChI is InChI=1S/C14H16FN5OS/c1-9-18-19-14(21-9)20-7-11(15)3-12(20)5-17-6-13-2-10(4-16)8-22-13/h2,8,11-12,17H,3,5-7H2,1H3/t11-,12-/m0/s1. The summed E-state index contributed by atoms with van der Waals surface area (Å²) in [6, 6.07) is 4.35. The highest BCUT2D eigenvalue weighted by Gasteiger charge is 2.34. The number of halogens is 1. The van der Waals surface area contributed by atoms with Crippen LogP contribution in [0.4, 0.5) is 10.4 Å². The summed E-state index contributed by atoms with van der Waals surface area (Å²) < 4.78 is 19.1. The van der Waals surface area contributed by atoms with Crippen molar-refractivity contribution < 1.29 is 8.81 Å². The van der Waals surface area contributed by atoms with Gasteiger partial charge in [-0.05, 0) is 6.07 Å². The highest BCUT2D eigenvalue weighted by atomic mass is 32.1. The minimum absolute atomic E-state index is 0.00903. The molecular formula is C14H16FN5OS. The van der Waals surface area contributed by atoms with Crippen molar-refractivity contribution in [1.29, 1.82) is 5.26 Å². The van der Waals surface area contributed by atoms with Crippen molar-refractivity contribution >= 4 is 17.4 Å². The predicted molar refractivity (Wildman–Crippen MR) is 80.4 cm³/mol. The smallest absolute Gasteiger partial charge is 0.318 e. The quantitative estimate of drug-likeness (QED) is 0.908. The van der Waals surface area contributed by atoms with Crippen molar-refractivity contribution in [2.24, 2.45) is 0 Å². The minimum atomic E-state index is -0.883. The van der Waals surface area contributed by atoms with Crippen LogP contribution in [0.1, 0.15) is 22.8 Å². The van der Waals surface area contributed by atoms with Gasteiger partial charge >= 0.3 is 6.01 Å². The summed E-state index contributed by atoms with van der Waals surface area (Å²) >= 11 is 1.54. The third-order valence-corrected chi connectivity index (χ3v) is 4.52. The minimum Gasteiger partial charge on any atom is -0.408 e. The van der Waals surface area contributed by atoms with Gasteiger partial charge in [-0.15, -0.1) is 16.4 Å². The maximum Gasteiger partial charge on any atom is 0.318 e. The zero-order chi connectivity index (χ0) is 15.5. The van der Waals surface area contributed by atoms with Crippen LogP contribution in [-0.2, 0) is 6.54 Å². The Labute approximate surface area is 131 Å². The second-order valence-electron chi connectivity index (χ2n) is 5.29. The Balaban J connectivity index is 1.57. The Morgan fingerprint density at radius 2 is 2.45 bits per heavy atom. The van der Waals surface area contributed by atoms with Gasteiger partial charge in [0.25, 0.3) is 0 Å². The third-order valence-electron chi connectivity index (χ3n) is 3.59. The van der Waals surface area contributed by atoms with E-state index in [4.69, 9.17) is 9.68 Å². The lowest BCUT2D eigenvalue weighted by atomic mass is 10.2. The van der Waals surface area contributed by atoms with Gasteiger partial charge in [0.2, 0.25) is 5.89 Å². The third kappa shape index (κ3) is 3.26. The monoisotopic (exact) mass is 321 g/mol. The first-order valence-corrected chi connectivity index (χ1v) is 7.92.